The molecule has 0 aliphatic heterocycles. The lowest BCUT2D eigenvalue weighted by Gasteiger charge is -2.28. The van der Waals surface area contributed by atoms with Crippen LogP contribution in [0.1, 0.15) is 18.4 Å². The maximum atomic E-state index is 12.1. The van der Waals surface area contributed by atoms with E-state index < -0.39 is 17.8 Å². The molecule has 1 amide bonds. The summed E-state index contributed by atoms with van der Waals surface area (Å²) in [6.07, 6.45) is 5.25. The van der Waals surface area contributed by atoms with Crippen molar-refractivity contribution in [2.75, 3.05) is 6.54 Å². The molecule has 0 aromatic heterocycles. The Morgan fingerprint density at radius 2 is 1.75 bits per heavy atom. The van der Waals surface area contributed by atoms with Crippen molar-refractivity contribution >= 4 is 11.9 Å². The highest BCUT2D eigenvalue weighted by atomic mass is 16.4. The highest BCUT2D eigenvalue weighted by molar-refractivity contribution is 5.84. The van der Waals surface area contributed by atoms with E-state index in [0.29, 0.717) is 19.4 Å². The Morgan fingerprint density at radius 3 is 2.40 bits per heavy atom. The second kappa shape index (κ2) is 6.89. The molecule has 0 bridgehead atoms. The van der Waals surface area contributed by atoms with Crippen molar-refractivity contribution in [3.63, 3.8) is 0 Å². The van der Waals surface area contributed by atoms with E-state index in [2.05, 4.69) is 5.32 Å². The highest BCUT2D eigenvalue weighted by Crippen LogP contribution is 2.25. The van der Waals surface area contributed by atoms with Crippen LogP contribution in [0.4, 0.5) is 0 Å². The lowest BCUT2D eigenvalue weighted by Crippen LogP contribution is -2.44. The number of nitrogens with one attached hydrogen (secondary N) is 1. The van der Waals surface area contributed by atoms with Gasteiger partial charge in [-0.25, -0.2) is 0 Å². The lowest BCUT2D eigenvalue weighted by atomic mass is 9.82. The number of aliphatic carboxylic acids is 1. The molecule has 4 nitrogen and oxygen atoms in total. The Morgan fingerprint density at radius 1 is 1.10 bits per heavy atom. The van der Waals surface area contributed by atoms with Crippen LogP contribution in [0.25, 0.3) is 0 Å². The summed E-state index contributed by atoms with van der Waals surface area (Å²) in [5.74, 6) is -2.56. The van der Waals surface area contributed by atoms with Gasteiger partial charge in [-0.3, -0.25) is 4.79 Å². The van der Waals surface area contributed by atoms with Crippen LogP contribution in [-0.4, -0.2) is 18.4 Å². The number of carboxylic acids is 1. The number of allylic oxidation sites excluding steroid dienone is 2. The molecule has 4 heteroatoms. The van der Waals surface area contributed by atoms with Crippen LogP contribution in [-0.2, 0) is 16.0 Å². The SMILES string of the molecule is O=C([O-])[C@@H]1CC=CC[C@H]1C(=O)NCCc1ccccc1. The number of carbonyl (C=O) groups excluding carboxylic acids is 2. The van der Waals surface area contributed by atoms with Crippen LogP contribution in [0.15, 0.2) is 42.5 Å². The van der Waals surface area contributed by atoms with Gasteiger partial charge in [0.25, 0.3) is 0 Å². The van der Waals surface area contributed by atoms with Gasteiger partial charge in [0, 0.05) is 24.3 Å². The first-order chi connectivity index (χ1) is 9.68. The molecule has 0 radical (unpaired) electrons. The summed E-state index contributed by atoms with van der Waals surface area (Å²) in [6, 6.07) is 9.85. The molecule has 0 heterocycles. The van der Waals surface area contributed by atoms with Gasteiger partial charge in [0.2, 0.25) is 5.91 Å². The van der Waals surface area contributed by atoms with Gasteiger partial charge >= 0.3 is 0 Å². The second-order valence-electron chi connectivity index (χ2n) is 5.00. The summed E-state index contributed by atoms with van der Waals surface area (Å²) in [7, 11) is 0. The van der Waals surface area contributed by atoms with E-state index in [0.717, 1.165) is 12.0 Å². The molecule has 0 saturated heterocycles. The van der Waals surface area contributed by atoms with Gasteiger partial charge in [0.05, 0.1) is 0 Å². The van der Waals surface area contributed by atoms with E-state index in [1.54, 1.807) is 6.08 Å². The Bertz CT molecular complexity index is 496. The molecule has 20 heavy (non-hydrogen) atoms. The Hall–Kier alpha value is -2.10. The van der Waals surface area contributed by atoms with Crippen molar-refractivity contribution in [3.05, 3.63) is 48.0 Å². The number of amides is 1. The zero-order valence-corrected chi connectivity index (χ0v) is 11.2. The summed E-state index contributed by atoms with van der Waals surface area (Å²) in [6.45, 7) is 0.517. The first-order valence-corrected chi connectivity index (χ1v) is 6.86. The largest absolute Gasteiger partial charge is 0.550 e. The van der Waals surface area contributed by atoms with Gasteiger partial charge in [-0.2, -0.15) is 0 Å². The van der Waals surface area contributed by atoms with Gasteiger partial charge < -0.3 is 15.2 Å². The summed E-state index contributed by atoms with van der Waals surface area (Å²) in [5.41, 5.74) is 1.15. The summed E-state index contributed by atoms with van der Waals surface area (Å²) in [5, 5.41) is 13.9. The summed E-state index contributed by atoms with van der Waals surface area (Å²) < 4.78 is 0. The number of hydrogen-bond acceptors (Lipinski definition) is 3. The molecular formula is C16H18NO3-. The molecule has 0 saturated carbocycles. The predicted molar refractivity (Wildman–Crippen MR) is 73.5 cm³/mol. The quantitative estimate of drug-likeness (QED) is 0.801. The van der Waals surface area contributed by atoms with Crippen LogP contribution >= 0.6 is 0 Å². The zero-order chi connectivity index (χ0) is 14.4. The smallest absolute Gasteiger partial charge is 0.224 e. The van der Waals surface area contributed by atoms with Crippen LogP contribution in [0.5, 0.6) is 0 Å². The van der Waals surface area contributed by atoms with Crippen molar-refractivity contribution in [2.45, 2.75) is 19.3 Å². The highest BCUT2D eigenvalue weighted by Gasteiger charge is 2.29. The molecule has 0 spiro atoms. The number of carbonyl (C=O) groups is 2. The van der Waals surface area contributed by atoms with E-state index in [1.165, 1.54) is 0 Å². The Balaban J connectivity index is 1.85. The fraction of sp³-hybridized carbons (Fsp3) is 0.375. The third-order valence-electron chi connectivity index (χ3n) is 3.63. The maximum absolute atomic E-state index is 12.1. The zero-order valence-electron chi connectivity index (χ0n) is 11.2. The Labute approximate surface area is 118 Å². The minimum absolute atomic E-state index is 0.195. The number of benzene rings is 1. The molecule has 106 valence electrons. The van der Waals surface area contributed by atoms with Crippen molar-refractivity contribution < 1.29 is 14.7 Å². The molecule has 0 fully saturated rings. The predicted octanol–water partition coefficient (Wildman–Crippen LogP) is 0.678. The average molecular weight is 272 g/mol. The van der Waals surface area contributed by atoms with Gasteiger partial charge in [-0.1, -0.05) is 42.5 Å². The molecular weight excluding hydrogens is 254 g/mol. The molecule has 1 aliphatic rings. The number of carboxylic acid groups (broad SMARTS) is 1. The molecule has 2 atom stereocenters. The normalized spacial score (nSPS) is 21.4. The van der Waals surface area contributed by atoms with Crippen LogP contribution < -0.4 is 10.4 Å². The number of rotatable bonds is 5. The molecule has 1 aromatic rings. The first-order valence-electron chi connectivity index (χ1n) is 6.86. The van der Waals surface area contributed by atoms with Gasteiger partial charge in [-0.15, -0.1) is 0 Å². The molecule has 1 N–H and O–H groups in total. The van der Waals surface area contributed by atoms with E-state index in [-0.39, 0.29) is 5.91 Å². The second-order valence-corrected chi connectivity index (χ2v) is 5.00. The molecule has 1 aliphatic carbocycles. The first kappa shape index (κ1) is 14.3. The molecule has 0 unspecified atom stereocenters. The topological polar surface area (TPSA) is 69.2 Å². The fourth-order valence-corrected chi connectivity index (χ4v) is 2.47. The molecule has 2 rings (SSSR count). The average Bonchev–Trinajstić information content (AvgIpc) is 2.48. The minimum Gasteiger partial charge on any atom is -0.550 e. The maximum Gasteiger partial charge on any atom is 0.224 e. The standard InChI is InChI=1S/C16H19NO3/c18-15(13-8-4-5-9-14(13)16(19)20)17-11-10-12-6-2-1-3-7-12/h1-7,13-14H,8-11H2,(H,17,18)(H,19,20)/p-1/t13-,14-/m1/s1. The van der Waals surface area contributed by atoms with Gasteiger partial charge in [-0.05, 0) is 24.8 Å². The third kappa shape index (κ3) is 3.70. The van der Waals surface area contributed by atoms with E-state index in [4.69, 9.17) is 0 Å². The van der Waals surface area contributed by atoms with Gasteiger partial charge in [0.15, 0.2) is 0 Å². The summed E-state index contributed by atoms with van der Waals surface area (Å²) in [4.78, 5) is 23.1. The van der Waals surface area contributed by atoms with E-state index in [1.807, 2.05) is 36.4 Å². The van der Waals surface area contributed by atoms with Gasteiger partial charge in [0.1, 0.15) is 0 Å². The third-order valence-corrected chi connectivity index (χ3v) is 3.63. The number of hydrogen-bond donors (Lipinski definition) is 1. The summed E-state index contributed by atoms with van der Waals surface area (Å²) >= 11 is 0. The van der Waals surface area contributed by atoms with E-state index >= 15 is 0 Å². The monoisotopic (exact) mass is 272 g/mol. The fourth-order valence-electron chi connectivity index (χ4n) is 2.47. The van der Waals surface area contributed by atoms with Crippen molar-refractivity contribution in [3.8, 4) is 0 Å². The van der Waals surface area contributed by atoms with Crippen LogP contribution in [0.2, 0.25) is 0 Å². The van der Waals surface area contributed by atoms with E-state index in [9.17, 15) is 14.7 Å². The molecule has 1 aromatic carbocycles. The van der Waals surface area contributed by atoms with Crippen LogP contribution in [0.3, 0.4) is 0 Å². The van der Waals surface area contributed by atoms with Crippen molar-refractivity contribution in [1.29, 1.82) is 0 Å². The Kier molecular flexibility index (Phi) is 4.93. The van der Waals surface area contributed by atoms with Crippen molar-refractivity contribution in [1.82, 2.24) is 5.32 Å². The minimum atomic E-state index is -1.14. The van der Waals surface area contributed by atoms with Crippen molar-refractivity contribution in [2.24, 2.45) is 11.8 Å². The lowest BCUT2D eigenvalue weighted by molar-refractivity contribution is -0.313. The van der Waals surface area contributed by atoms with Crippen LogP contribution in [0, 0.1) is 11.8 Å².